The summed E-state index contributed by atoms with van der Waals surface area (Å²) in [5.41, 5.74) is 10.3. The van der Waals surface area contributed by atoms with Gasteiger partial charge < -0.3 is 21.1 Å². The van der Waals surface area contributed by atoms with Gasteiger partial charge in [-0.25, -0.2) is 8.78 Å². The molecule has 1 unspecified atom stereocenters. The molecule has 4 N–H and O–H groups in total. The van der Waals surface area contributed by atoms with E-state index in [-0.39, 0.29) is 12.5 Å². The molecule has 0 fully saturated rings. The van der Waals surface area contributed by atoms with E-state index in [4.69, 9.17) is 5.73 Å². The lowest BCUT2D eigenvalue weighted by molar-refractivity contribution is 0.137. The van der Waals surface area contributed by atoms with E-state index in [2.05, 4.69) is 42.4 Å². The third-order valence-corrected chi connectivity index (χ3v) is 5.50. The van der Waals surface area contributed by atoms with Gasteiger partial charge in [-0.15, -0.1) is 0 Å². The summed E-state index contributed by atoms with van der Waals surface area (Å²) in [6, 6.07) is 9.40. The molecule has 1 heterocycles. The molecule has 0 saturated heterocycles. The number of anilines is 1. The predicted octanol–water partition coefficient (Wildman–Crippen LogP) is 2.93. The molecule has 152 valence electrons. The zero-order chi connectivity index (χ0) is 20.3. The number of hydrogen-bond donors (Lipinski definition) is 3. The highest BCUT2D eigenvalue weighted by Gasteiger charge is 2.25. The van der Waals surface area contributed by atoms with Crippen molar-refractivity contribution >= 4 is 5.69 Å². The van der Waals surface area contributed by atoms with Gasteiger partial charge in [-0.05, 0) is 54.2 Å². The van der Waals surface area contributed by atoms with Gasteiger partial charge in [-0.1, -0.05) is 19.1 Å². The van der Waals surface area contributed by atoms with Gasteiger partial charge in [0.2, 0.25) is 0 Å². The molecule has 2 aromatic carbocycles. The van der Waals surface area contributed by atoms with Gasteiger partial charge in [-0.3, -0.25) is 0 Å². The monoisotopic (exact) mass is 389 g/mol. The lowest BCUT2D eigenvalue weighted by atomic mass is 9.93. The number of halogens is 2. The van der Waals surface area contributed by atoms with Crippen LogP contribution >= 0.6 is 0 Å². The second-order valence-corrected chi connectivity index (χ2v) is 7.63. The van der Waals surface area contributed by atoms with Crippen molar-refractivity contribution in [3.63, 3.8) is 0 Å². The summed E-state index contributed by atoms with van der Waals surface area (Å²) < 4.78 is 26.7. The number of aryl methyl sites for hydroxylation is 1. The van der Waals surface area contributed by atoms with E-state index < -0.39 is 23.8 Å². The van der Waals surface area contributed by atoms with E-state index in [1.165, 1.54) is 28.9 Å². The first-order valence-electron chi connectivity index (χ1n) is 9.83. The van der Waals surface area contributed by atoms with E-state index in [1.807, 2.05) is 0 Å². The zero-order valence-corrected chi connectivity index (χ0v) is 16.5. The van der Waals surface area contributed by atoms with Crippen molar-refractivity contribution in [1.82, 2.24) is 5.32 Å². The Morgan fingerprint density at radius 3 is 2.57 bits per heavy atom. The Hall–Kier alpha value is -2.02. The molecule has 28 heavy (non-hydrogen) atoms. The van der Waals surface area contributed by atoms with Crippen LogP contribution in [0.5, 0.6) is 0 Å². The number of aliphatic hydroxyl groups excluding tert-OH is 1. The molecule has 2 aromatic rings. The van der Waals surface area contributed by atoms with Crippen LogP contribution in [0.1, 0.15) is 36.1 Å². The number of nitrogens with zero attached hydrogens (tertiary/aromatic N) is 1. The second kappa shape index (κ2) is 8.99. The molecule has 0 radical (unpaired) electrons. The average Bonchev–Trinajstić information content (AvgIpc) is 2.66. The summed E-state index contributed by atoms with van der Waals surface area (Å²) in [5, 5.41) is 13.9. The summed E-state index contributed by atoms with van der Waals surface area (Å²) in [6.45, 7) is 3.39. The zero-order valence-electron chi connectivity index (χ0n) is 16.5. The van der Waals surface area contributed by atoms with E-state index in [1.54, 1.807) is 0 Å². The fourth-order valence-corrected chi connectivity index (χ4v) is 3.81. The Morgan fingerprint density at radius 2 is 1.89 bits per heavy atom. The Balaban J connectivity index is 1.63. The number of benzene rings is 2. The molecular weight excluding hydrogens is 360 g/mol. The lowest BCUT2D eigenvalue weighted by Crippen LogP contribution is -2.45. The van der Waals surface area contributed by atoms with Crippen molar-refractivity contribution in [2.45, 2.75) is 44.4 Å². The van der Waals surface area contributed by atoms with E-state index >= 15 is 0 Å². The van der Waals surface area contributed by atoms with Crippen molar-refractivity contribution in [3.05, 3.63) is 64.7 Å². The predicted molar refractivity (Wildman–Crippen MR) is 108 cm³/mol. The highest BCUT2D eigenvalue weighted by Crippen LogP contribution is 2.33. The van der Waals surface area contributed by atoms with Gasteiger partial charge in [-0.2, -0.15) is 0 Å². The molecule has 0 aliphatic carbocycles. The maximum Gasteiger partial charge on any atom is 0.126 e. The quantitative estimate of drug-likeness (QED) is 0.681. The molecule has 1 aliphatic rings. The van der Waals surface area contributed by atoms with Gasteiger partial charge >= 0.3 is 0 Å². The maximum atomic E-state index is 13.3. The molecule has 3 atom stereocenters. The van der Waals surface area contributed by atoms with E-state index in [0.29, 0.717) is 12.1 Å². The maximum absolute atomic E-state index is 13.3. The lowest BCUT2D eigenvalue weighted by Gasteiger charge is -2.35. The number of hydrogen-bond acceptors (Lipinski definition) is 4. The minimum Gasteiger partial charge on any atom is -0.390 e. The van der Waals surface area contributed by atoms with Crippen molar-refractivity contribution in [2.24, 2.45) is 5.73 Å². The number of nitrogens with two attached hydrogens (primary N) is 1. The van der Waals surface area contributed by atoms with Gasteiger partial charge in [0.05, 0.1) is 6.10 Å². The minimum atomic E-state index is -0.816. The van der Waals surface area contributed by atoms with Gasteiger partial charge in [0.1, 0.15) is 11.6 Å². The topological polar surface area (TPSA) is 61.5 Å². The molecule has 3 rings (SSSR count). The van der Waals surface area contributed by atoms with Crippen LogP contribution in [-0.2, 0) is 12.8 Å². The summed E-state index contributed by atoms with van der Waals surface area (Å²) in [4.78, 5) is 2.24. The molecule has 6 heteroatoms. The van der Waals surface area contributed by atoms with Crippen molar-refractivity contribution in [2.75, 3.05) is 25.0 Å². The molecule has 1 aliphatic heterocycles. The second-order valence-electron chi connectivity index (χ2n) is 7.63. The third kappa shape index (κ3) is 4.87. The first-order chi connectivity index (χ1) is 13.4. The molecule has 4 nitrogen and oxygen atoms in total. The van der Waals surface area contributed by atoms with Crippen LogP contribution in [0.3, 0.4) is 0 Å². The summed E-state index contributed by atoms with van der Waals surface area (Å²) >= 11 is 0. The SMILES string of the molecule is CCc1ccc2c(c1)C(NC[C@@H](O)[C@@H](N)Cc1cc(F)cc(F)c1)CCN2C. The first-order valence-corrected chi connectivity index (χ1v) is 9.83. The first kappa shape index (κ1) is 20.7. The molecule has 0 aromatic heterocycles. The van der Waals surface area contributed by atoms with Gasteiger partial charge in [0.25, 0.3) is 0 Å². The largest absolute Gasteiger partial charge is 0.390 e. The highest BCUT2D eigenvalue weighted by atomic mass is 19.1. The van der Waals surface area contributed by atoms with Crippen molar-refractivity contribution < 1.29 is 13.9 Å². The molecule has 0 bridgehead atoms. The normalized spacial score (nSPS) is 18.6. The number of rotatable bonds is 7. The van der Waals surface area contributed by atoms with Crippen molar-refractivity contribution in [1.29, 1.82) is 0 Å². The molecule has 0 spiro atoms. The number of aliphatic hydroxyl groups is 1. The molecule has 0 amide bonds. The Morgan fingerprint density at radius 1 is 1.18 bits per heavy atom. The average molecular weight is 389 g/mol. The van der Waals surface area contributed by atoms with Crippen LogP contribution in [0.15, 0.2) is 36.4 Å². The van der Waals surface area contributed by atoms with Crippen molar-refractivity contribution in [3.8, 4) is 0 Å². The van der Waals surface area contributed by atoms with E-state index in [0.717, 1.165) is 25.5 Å². The summed E-state index contributed by atoms with van der Waals surface area (Å²) in [6.07, 6.45) is 1.31. The molecule has 0 saturated carbocycles. The van der Waals surface area contributed by atoms with Crippen LogP contribution in [0.4, 0.5) is 14.5 Å². The number of nitrogens with one attached hydrogen (secondary N) is 1. The molecular formula is C22H29F2N3O. The minimum absolute atomic E-state index is 0.145. The Labute approximate surface area is 165 Å². The van der Waals surface area contributed by atoms with Crippen LogP contribution < -0.4 is 16.0 Å². The fraction of sp³-hybridized carbons (Fsp3) is 0.455. The van der Waals surface area contributed by atoms with E-state index in [9.17, 15) is 13.9 Å². The van der Waals surface area contributed by atoms with Crippen LogP contribution in [0.25, 0.3) is 0 Å². The third-order valence-electron chi connectivity index (χ3n) is 5.50. The summed E-state index contributed by atoms with van der Waals surface area (Å²) in [7, 11) is 2.09. The van der Waals surface area contributed by atoms with Crippen LogP contribution in [0, 0.1) is 11.6 Å². The van der Waals surface area contributed by atoms with Gasteiger partial charge in [0, 0.05) is 44.0 Å². The Bertz CT molecular complexity index is 794. The fourth-order valence-electron chi connectivity index (χ4n) is 3.81. The standard InChI is InChI=1S/C22H29F2N3O/c1-3-14-4-5-21-18(10-14)20(6-7-27(21)2)26-13-22(28)19(25)11-15-8-16(23)12-17(24)9-15/h4-5,8-10,12,19-20,22,26,28H,3,6-7,11,13,25H2,1-2H3/t19-,20?,22+/m0/s1. The number of fused-ring (bicyclic) bond motifs is 1. The Kier molecular flexibility index (Phi) is 6.65. The highest BCUT2D eigenvalue weighted by molar-refractivity contribution is 5.57. The van der Waals surface area contributed by atoms with Crippen LogP contribution in [-0.4, -0.2) is 37.4 Å². The van der Waals surface area contributed by atoms with Crippen LogP contribution in [0.2, 0.25) is 0 Å². The summed E-state index contributed by atoms with van der Waals surface area (Å²) in [5.74, 6) is -1.27. The van der Waals surface area contributed by atoms with Gasteiger partial charge in [0.15, 0.2) is 0 Å². The smallest absolute Gasteiger partial charge is 0.126 e.